The number of nitrogens with two attached hydrogens (primary N) is 1. The number of anilines is 1. The molecular weight excluding hydrogens is 261 g/mol. The van der Waals surface area contributed by atoms with Crippen LogP contribution < -0.4 is 10.6 Å². The Kier molecular flexibility index (Phi) is 4.16. The van der Waals surface area contributed by atoms with E-state index in [4.69, 9.17) is 11.1 Å². The lowest BCUT2D eigenvalue weighted by molar-refractivity contribution is 0.624. The molecule has 0 saturated heterocycles. The van der Waals surface area contributed by atoms with E-state index in [0.717, 1.165) is 13.0 Å². The summed E-state index contributed by atoms with van der Waals surface area (Å²) in [6.45, 7) is 0.754. The van der Waals surface area contributed by atoms with Crippen LogP contribution in [0.15, 0.2) is 35.7 Å². The predicted molar refractivity (Wildman–Crippen MR) is 78.7 cm³/mol. The van der Waals surface area contributed by atoms with Crippen LogP contribution in [0.4, 0.5) is 10.1 Å². The third-order valence-corrected chi connectivity index (χ3v) is 3.88. The van der Waals surface area contributed by atoms with Crippen molar-refractivity contribution in [3.05, 3.63) is 52.0 Å². The maximum Gasteiger partial charge on any atom is 0.136 e. The maximum atomic E-state index is 13.7. The largest absolute Gasteiger partial charge is 0.384 e. The van der Waals surface area contributed by atoms with Gasteiger partial charge in [-0.05, 0) is 30.0 Å². The number of amidine groups is 1. The van der Waals surface area contributed by atoms with Crippen LogP contribution >= 0.6 is 11.3 Å². The van der Waals surface area contributed by atoms with Gasteiger partial charge in [0.25, 0.3) is 0 Å². The Morgan fingerprint density at radius 3 is 2.79 bits per heavy atom. The van der Waals surface area contributed by atoms with Crippen molar-refractivity contribution in [2.45, 2.75) is 6.42 Å². The van der Waals surface area contributed by atoms with Gasteiger partial charge >= 0.3 is 0 Å². The highest BCUT2D eigenvalue weighted by Gasteiger charge is 2.14. The average molecular weight is 277 g/mol. The van der Waals surface area contributed by atoms with Crippen LogP contribution in [-0.2, 0) is 6.42 Å². The van der Waals surface area contributed by atoms with E-state index < -0.39 is 5.82 Å². The van der Waals surface area contributed by atoms with E-state index in [9.17, 15) is 4.39 Å². The van der Waals surface area contributed by atoms with Gasteiger partial charge in [0, 0.05) is 18.5 Å². The number of hydrogen-bond acceptors (Lipinski definition) is 3. The molecule has 0 fully saturated rings. The minimum absolute atomic E-state index is 0.177. The van der Waals surface area contributed by atoms with Crippen molar-refractivity contribution < 1.29 is 4.39 Å². The highest BCUT2D eigenvalue weighted by molar-refractivity contribution is 7.09. The second-order valence-electron chi connectivity index (χ2n) is 4.30. The van der Waals surface area contributed by atoms with Crippen molar-refractivity contribution in [3.8, 4) is 0 Å². The van der Waals surface area contributed by atoms with Crippen molar-refractivity contribution in [2.24, 2.45) is 5.73 Å². The van der Waals surface area contributed by atoms with Gasteiger partial charge in [0.05, 0.1) is 11.3 Å². The molecule has 0 bridgehead atoms. The summed E-state index contributed by atoms with van der Waals surface area (Å²) in [4.78, 5) is 3.21. The lowest BCUT2D eigenvalue weighted by atomic mass is 10.1. The van der Waals surface area contributed by atoms with Gasteiger partial charge in [0.1, 0.15) is 11.7 Å². The van der Waals surface area contributed by atoms with E-state index in [-0.39, 0.29) is 11.4 Å². The normalized spacial score (nSPS) is 10.4. The fourth-order valence-electron chi connectivity index (χ4n) is 1.95. The molecule has 3 nitrogen and oxygen atoms in total. The van der Waals surface area contributed by atoms with Gasteiger partial charge in [-0.25, -0.2) is 4.39 Å². The van der Waals surface area contributed by atoms with Crippen LogP contribution in [0.5, 0.6) is 0 Å². The topological polar surface area (TPSA) is 53.1 Å². The summed E-state index contributed by atoms with van der Waals surface area (Å²) < 4.78 is 13.7. The summed E-state index contributed by atoms with van der Waals surface area (Å²) in [5, 5.41) is 9.54. The minimum Gasteiger partial charge on any atom is -0.384 e. The minimum atomic E-state index is -0.451. The van der Waals surface area contributed by atoms with Crippen molar-refractivity contribution in [3.63, 3.8) is 0 Å². The number of thiophene rings is 1. The lowest BCUT2D eigenvalue weighted by Gasteiger charge is -2.22. The number of benzene rings is 1. The molecule has 19 heavy (non-hydrogen) atoms. The van der Waals surface area contributed by atoms with Crippen LogP contribution in [0.2, 0.25) is 0 Å². The number of halogens is 1. The Morgan fingerprint density at radius 2 is 2.16 bits per heavy atom. The number of likely N-dealkylation sites (N-methyl/N-ethyl adjacent to an activating group) is 1. The number of rotatable bonds is 5. The zero-order chi connectivity index (χ0) is 13.8. The third kappa shape index (κ3) is 3.12. The molecule has 0 saturated carbocycles. The van der Waals surface area contributed by atoms with Crippen LogP contribution in [0.25, 0.3) is 0 Å². The number of nitrogens with one attached hydrogen (secondary N) is 1. The number of hydrogen-bond donors (Lipinski definition) is 2. The van der Waals surface area contributed by atoms with Gasteiger partial charge in [-0.15, -0.1) is 11.3 Å². The van der Waals surface area contributed by atoms with E-state index in [1.807, 2.05) is 23.4 Å². The summed E-state index contributed by atoms with van der Waals surface area (Å²) in [6.07, 6.45) is 0.891. The van der Waals surface area contributed by atoms with Crippen molar-refractivity contribution in [2.75, 3.05) is 18.5 Å². The van der Waals surface area contributed by atoms with Crippen LogP contribution in [-0.4, -0.2) is 19.4 Å². The first-order valence-corrected chi connectivity index (χ1v) is 6.84. The zero-order valence-corrected chi connectivity index (χ0v) is 11.5. The van der Waals surface area contributed by atoms with Crippen molar-refractivity contribution >= 4 is 22.9 Å². The van der Waals surface area contributed by atoms with Crippen LogP contribution in [0.3, 0.4) is 0 Å². The second kappa shape index (κ2) is 5.84. The fourth-order valence-corrected chi connectivity index (χ4v) is 2.65. The molecular formula is C14H16FN3S. The Hall–Kier alpha value is -1.88. The fraction of sp³-hybridized carbons (Fsp3) is 0.214. The van der Waals surface area contributed by atoms with Gasteiger partial charge in [-0.1, -0.05) is 12.1 Å². The highest BCUT2D eigenvalue weighted by atomic mass is 32.1. The number of nitrogen functional groups attached to an aromatic ring is 1. The first-order chi connectivity index (χ1) is 9.09. The molecule has 0 radical (unpaired) electrons. The molecule has 1 aromatic carbocycles. The van der Waals surface area contributed by atoms with Crippen molar-refractivity contribution in [1.29, 1.82) is 5.41 Å². The molecule has 0 atom stereocenters. The molecule has 0 aliphatic rings. The lowest BCUT2D eigenvalue weighted by Crippen LogP contribution is -2.25. The van der Waals surface area contributed by atoms with Gasteiger partial charge < -0.3 is 10.6 Å². The molecule has 5 heteroatoms. The summed E-state index contributed by atoms with van der Waals surface area (Å²) >= 11 is 1.71. The van der Waals surface area contributed by atoms with Gasteiger partial charge in [0.2, 0.25) is 0 Å². The molecule has 0 amide bonds. The van der Waals surface area contributed by atoms with Gasteiger partial charge in [-0.2, -0.15) is 0 Å². The third-order valence-electron chi connectivity index (χ3n) is 2.95. The van der Waals surface area contributed by atoms with Crippen LogP contribution in [0, 0.1) is 11.2 Å². The van der Waals surface area contributed by atoms with E-state index in [1.54, 1.807) is 23.5 Å². The summed E-state index contributed by atoms with van der Waals surface area (Å²) in [5.74, 6) is -0.691. The molecule has 2 rings (SSSR count). The zero-order valence-electron chi connectivity index (χ0n) is 10.7. The molecule has 1 heterocycles. The summed E-state index contributed by atoms with van der Waals surface area (Å²) in [5.41, 5.74) is 6.30. The van der Waals surface area contributed by atoms with E-state index in [0.29, 0.717) is 5.69 Å². The summed E-state index contributed by atoms with van der Waals surface area (Å²) in [7, 11) is 1.88. The molecule has 1 aromatic heterocycles. The highest BCUT2D eigenvalue weighted by Crippen LogP contribution is 2.22. The van der Waals surface area contributed by atoms with Crippen LogP contribution in [0.1, 0.15) is 10.4 Å². The number of nitrogens with zero attached hydrogens (tertiary/aromatic N) is 1. The van der Waals surface area contributed by atoms with E-state index in [1.165, 1.54) is 10.9 Å². The predicted octanol–water partition coefficient (Wildman–Crippen LogP) is 2.85. The Labute approximate surface area is 116 Å². The smallest absolute Gasteiger partial charge is 0.136 e. The summed E-state index contributed by atoms with van der Waals surface area (Å²) in [6, 6.07) is 8.85. The first-order valence-electron chi connectivity index (χ1n) is 5.96. The molecule has 0 spiro atoms. The SMILES string of the molecule is CN(CCc1cccs1)c1cccc(F)c1C(=N)N. The van der Waals surface area contributed by atoms with Gasteiger partial charge in [0.15, 0.2) is 0 Å². The molecule has 0 aliphatic heterocycles. The molecule has 2 aromatic rings. The van der Waals surface area contributed by atoms with E-state index >= 15 is 0 Å². The molecule has 100 valence electrons. The van der Waals surface area contributed by atoms with E-state index in [2.05, 4.69) is 6.07 Å². The Balaban J connectivity index is 2.16. The van der Waals surface area contributed by atoms with Gasteiger partial charge in [-0.3, -0.25) is 5.41 Å². The molecule has 0 unspecified atom stereocenters. The molecule has 3 N–H and O–H groups in total. The maximum absolute atomic E-state index is 13.7. The second-order valence-corrected chi connectivity index (χ2v) is 5.33. The quantitative estimate of drug-likeness (QED) is 0.652. The average Bonchev–Trinajstić information content (AvgIpc) is 2.88. The Bertz CT molecular complexity index is 566. The monoisotopic (exact) mass is 277 g/mol. The first kappa shape index (κ1) is 13.5. The molecule has 0 aliphatic carbocycles. The standard InChI is InChI=1S/C14H16FN3S/c1-18(8-7-10-4-3-9-19-10)12-6-2-5-11(15)13(12)14(16)17/h2-6,9H,7-8H2,1H3,(H3,16,17). The van der Waals surface area contributed by atoms with Crippen molar-refractivity contribution in [1.82, 2.24) is 0 Å². The Morgan fingerprint density at radius 1 is 1.37 bits per heavy atom.